The number of carbonyl (C=O) groups is 1. The summed E-state index contributed by atoms with van der Waals surface area (Å²) in [6.07, 6.45) is 0. The van der Waals surface area contributed by atoms with Crippen LogP contribution in [-0.2, 0) is 4.79 Å². The van der Waals surface area contributed by atoms with E-state index in [-0.39, 0.29) is 12.5 Å². The van der Waals surface area contributed by atoms with Crippen LogP contribution >= 0.6 is 15.9 Å². The molecule has 5 heteroatoms. The molecule has 0 aliphatic rings. The molecule has 0 atom stereocenters. The van der Waals surface area contributed by atoms with Crippen LogP contribution in [0.3, 0.4) is 0 Å². The second-order valence-corrected chi connectivity index (χ2v) is 5.16. The van der Waals surface area contributed by atoms with Gasteiger partial charge in [0.15, 0.2) is 12.4 Å². The summed E-state index contributed by atoms with van der Waals surface area (Å²) < 4.78 is 6.18. The van der Waals surface area contributed by atoms with Crippen LogP contribution in [-0.4, -0.2) is 12.5 Å². The number of ether oxygens (including phenoxy) is 1. The van der Waals surface area contributed by atoms with Gasteiger partial charge in [-0.1, -0.05) is 24.3 Å². The number of nitrogen functional groups attached to an aromatic ring is 1. The lowest BCUT2D eigenvalue weighted by Gasteiger charge is -2.11. The van der Waals surface area contributed by atoms with Gasteiger partial charge in [-0.15, -0.1) is 0 Å². The monoisotopic (exact) mass is 334 g/mol. The van der Waals surface area contributed by atoms with Gasteiger partial charge in [0.05, 0.1) is 10.2 Å². The van der Waals surface area contributed by atoms with Gasteiger partial charge in [0.25, 0.3) is 5.91 Å². The van der Waals surface area contributed by atoms with Crippen LogP contribution < -0.4 is 15.8 Å². The molecule has 4 nitrogen and oxygen atoms in total. The van der Waals surface area contributed by atoms with Crippen molar-refractivity contribution in [1.29, 1.82) is 0 Å². The number of hydrogen-bond donors (Lipinski definition) is 2. The quantitative estimate of drug-likeness (QED) is 0.842. The molecule has 0 aromatic heterocycles. The molecule has 0 fully saturated rings. The second kappa shape index (κ2) is 6.43. The van der Waals surface area contributed by atoms with E-state index in [1.807, 2.05) is 37.3 Å². The van der Waals surface area contributed by atoms with E-state index in [1.54, 1.807) is 12.1 Å². The van der Waals surface area contributed by atoms with Crippen molar-refractivity contribution in [3.8, 4) is 5.75 Å². The Kier molecular flexibility index (Phi) is 4.63. The molecular weight excluding hydrogens is 320 g/mol. The van der Waals surface area contributed by atoms with Gasteiger partial charge >= 0.3 is 0 Å². The Labute approximate surface area is 126 Å². The molecule has 0 radical (unpaired) electrons. The molecule has 0 aliphatic carbocycles. The first-order valence-electron chi connectivity index (χ1n) is 6.10. The Bertz CT molecular complexity index is 609. The van der Waals surface area contributed by atoms with Crippen LogP contribution in [0.15, 0.2) is 46.9 Å². The molecule has 0 aliphatic heterocycles. The number of hydrogen-bond acceptors (Lipinski definition) is 3. The summed E-state index contributed by atoms with van der Waals surface area (Å²) in [5.74, 6) is 0.252. The van der Waals surface area contributed by atoms with E-state index < -0.39 is 0 Å². The zero-order valence-electron chi connectivity index (χ0n) is 11.0. The summed E-state index contributed by atoms with van der Waals surface area (Å²) in [6.45, 7) is 1.84. The molecule has 2 aromatic carbocycles. The first kappa shape index (κ1) is 14.4. The van der Waals surface area contributed by atoms with Crippen molar-refractivity contribution in [3.63, 3.8) is 0 Å². The normalized spacial score (nSPS) is 10.1. The fourth-order valence-electron chi connectivity index (χ4n) is 1.71. The van der Waals surface area contributed by atoms with E-state index >= 15 is 0 Å². The number of aryl methyl sites for hydroxylation is 1. The molecule has 0 spiro atoms. The number of para-hydroxylation sites is 2. The first-order chi connectivity index (χ1) is 9.58. The highest BCUT2D eigenvalue weighted by molar-refractivity contribution is 9.10. The van der Waals surface area contributed by atoms with Gasteiger partial charge in [0.2, 0.25) is 0 Å². The number of benzene rings is 2. The van der Waals surface area contributed by atoms with Gasteiger partial charge in [-0.25, -0.2) is 0 Å². The van der Waals surface area contributed by atoms with E-state index in [1.165, 1.54) is 0 Å². The fourth-order valence-corrected chi connectivity index (χ4v) is 2.21. The summed E-state index contributed by atoms with van der Waals surface area (Å²) in [5.41, 5.74) is 8.07. The predicted octanol–water partition coefficient (Wildman–Crippen LogP) is 3.36. The van der Waals surface area contributed by atoms with E-state index in [9.17, 15) is 4.79 Å². The summed E-state index contributed by atoms with van der Waals surface area (Å²) in [4.78, 5) is 11.9. The fraction of sp³-hybridized carbons (Fsp3) is 0.133. The Balaban J connectivity index is 1.98. The largest absolute Gasteiger partial charge is 0.480 e. The maximum absolute atomic E-state index is 11.9. The van der Waals surface area contributed by atoms with Crippen LogP contribution in [0.2, 0.25) is 0 Å². The molecule has 0 bridgehead atoms. The number of carbonyl (C=O) groups excluding carboxylic acids is 1. The lowest BCUT2D eigenvalue weighted by atomic mass is 10.2. The molecule has 104 valence electrons. The Hall–Kier alpha value is -2.01. The Morgan fingerprint density at radius 3 is 2.70 bits per heavy atom. The minimum atomic E-state index is -0.227. The van der Waals surface area contributed by atoms with Crippen molar-refractivity contribution in [2.24, 2.45) is 0 Å². The zero-order chi connectivity index (χ0) is 14.5. The number of nitrogens with two attached hydrogens (primary N) is 1. The average molecular weight is 335 g/mol. The van der Waals surface area contributed by atoms with E-state index in [0.717, 1.165) is 15.7 Å². The zero-order valence-corrected chi connectivity index (χ0v) is 12.6. The molecule has 0 heterocycles. The number of anilines is 2. The van der Waals surface area contributed by atoms with Crippen molar-refractivity contribution in [2.75, 3.05) is 17.7 Å². The lowest BCUT2D eigenvalue weighted by molar-refractivity contribution is -0.118. The van der Waals surface area contributed by atoms with Crippen LogP contribution in [0, 0.1) is 6.92 Å². The van der Waals surface area contributed by atoms with E-state index in [4.69, 9.17) is 10.5 Å². The van der Waals surface area contributed by atoms with Crippen molar-refractivity contribution in [2.45, 2.75) is 6.92 Å². The maximum atomic E-state index is 11.9. The highest BCUT2D eigenvalue weighted by atomic mass is 79.9. The highest BCUT2D eigenvalue weighted by Gasteiger charge is 2.09. The molecule has 3 N–H and O–H groups in total. The van der Waals surface area contributed by atoms with E-state index in [0.29, 0.717) is 11.4 Å². The third-order valence-electron chi connectivity index (χ3n) is 2.76. The number of halogens is 1. The maximum Gasteiger partial charge on any atom is 0.262 e. The second-order valence-electron chi connectivity index (χ2n) is 4.31. The summed E-state index contributed by atoms with van der Waals surface area (Å²) >= 11 is 3.34. The molecule has 0 saturated heterocycles. The standard InChI is InChI=1S/C15H15BrN2O2/c1-10-5-2-3-8-13(10)18-14(19)9-20-15-11(16)6-4-7-12(15)17/h2-8H,9,17H2,1H3,(H,18,19). The third kappa shape index (κ3) is 3.51. The average Bonchev–Trinajstić information content (AvgIpc) is 2.41. The van der Waals surface area contributed by atoms with Crippen molar-refractivity contribution < 1.29 is 9.53 Å². The molecule has 20 heavy (non-hydrogen) atoms. The molecule has 0 unspecified atom stereocenters. The van der Waals surface area contributed by atoms with Gasteiger partial charge in [0, 0.05) is 5.69 Å². The minimum absolute atomic E-state index is 0.0961. The summed E-state index contributed by atoms with van der Waals surface area (Å²) in [5, 5.41) is 2.80. The lowest BCUT2D eigenvalue weighted by Crippen LogP contribution is -2.21. The Morgan fingerprint density at radius 2 is 2.00 bits per heavy atom. The van der Waals surface area contributed by atoms with Crippen molar-refractivity contribution in [3.05, 3.63) is 52.5 Å². The third-order valence-corrected chi connectivity index (χ3v) is 3.39. The molecule has 1 amide bonds. The summed E-state index contributed by atoms with van der Waals surface area (Å²) in [6, 6.07) is 12.9. The highest BCUT2D eigenvalue weighted by Crippen LogP contribution is 2.30. The van der Waals surface area contributed by atoms with Crippen molar-refractivity contribution >= 4 is 33.2 Å². The molecule has 0 saturated carbocycles. The topological polar surface area (TPSA) is 64.3 Å². The van der Waals surface area contributed by atoms with Crippen LogP contribution in [0.25, 0.3) is 0 Å². The van der Waals surface area contributed by atoms with Gasteiger partial charge in [0.1, 0.15) is 0 Å². The molecule has 2 rings (SSSR count). The van der Waals surface area contributed by atoms with Crippen LogP contribution in [0.1, 0.15) is 5.56 Å². The number of nitrogens with one attached hydrogen (secondary N) is 1. The smallest absolute Gasteiger partial charge is 0.262 e. The molecular formula is C15H15BrN2O2. The summed E-state index contributed by atoms with van der Waals surface area (Å²) in [7, 11) is 0. The van der Waals surface area contributed by atoms with Crippen molar-refractivity contribution in [1.82, 2.24) is 0 Å². The van der Waals surface area contributed by atoms with Crippen LogP contribution in [0.5, 0.6) is 5.75 Å². The van der Waals surface area contributed by atoms with E-state index in [2.05, 4.69) is 21.2 Å². The van der Waals surface area contributed by atoms with Gasteiger partial charge in [-0.05, 0) is 46.6 Å². The minimum Gasteiger partial charge on any atom is -0.480 e. The predicted molar refractivity (Wildman–Crippen MR) is 83.9 cm³/mol. The van der Waals surface area contributed by atoms with Gasteiger partial charge in [-0.2, -0.15) is 0 Å². The molecule has 2 aromatic rings. The Morgan fingerprint density at radius 1 is 1.25 bits per heavy atom. The first-order valence-corrected chi connectivity index (χ1v) is 6.89. The number of amides is 1. The van der Waals surface area contributed by atoms with Gasteiger partial charge < -0.3 is 15.8 Å². The van der Waals surface area contributed by atoms with Gasteiger partial charge in [-0.3, -0.25) is 4.79 Å². The SMILES string of the molecule is Cc1ccccc1NC(=O)COc1c(N)cccc1Br. The number of rotatable bonds is 4. The van der Waals surface area contributed by atoms with Crippen LogP contribution in [0.4, 0.5) is 11.4 Å².